The predicted octanol–water partition coefficient (Wildman–Crippen LogP) is 9.76. The van der Waals surface area contributed by atoms with E-state index in [1.807, 2.05) is 60.7 Å². The number of aryl methyl sites for hydroxylation is 2. The summed E-state index contributed by atoms with van der Waals surface area (Å²) in [5, 5.41) is 20.5. The fourth-order valence-electron chi connectivity index (χ4n) is 6.39. The van der Waals surface area contributed by atoms with Crippen molar-refractivity contribution in [3.05, 3.63) is 133 Å². The Bertz CT molecular complexity index is 2500. The van der Waals surface area contributed by atoms with Gasteiger partial charge in [-0.25, -0.2) is 19.9 Å². The minimum Gasteiger partial charge on any atom is -0.474 e. The van der Waals surface area contributed by atoms with Crippen LogP contribution in [-0.2, 0) is 12.8 Å². The highest BCUT2D eigenvalue weighted by Crippen LogP contribution is 2.45. The van der Waals surface area contributed by atoms with Crippen LogP contribution in [0.5, 0.6) is 11.8 Å². The molecule has 0 amide bonds. The Morgan fingerprint density at radius 3 is 1.45 bits per heavy atom. The summed E-state index contributed by atoms with van der Waals surface area (Å²) in [5.74, 6) is 2.27. The molecule has 0 aliphatic rings. The van der Waals surface area contributed by atoms with E-state index >= 15 is 0 Å². The molecule has 10 nitrogen and oxygen atoms in total. The molecule has 0 bridgehead atoms. The SMILES string of the molecule is CCc1ccc(-c2c(-c3ccccc3)oc3ncnc(OC[C@@H](C)O)c23)cc1.CCc1ccc(-c2c(-c3ccccc3)oc3ncnc(O[C@H](C)CO)c23)cc1. The van der Waals surface area contributed by atoms with Gasteiger partial charge in [-0.2, -0.15) is 0 Å². The lowest BCUT2D eigenvalue weighted by Gasteiger charge is -2.12. The van der Waals surface area contributed by atoms with Crippen molar-refractivity contribution in [3.63, 3.8) is 0 Å². The van der Waals surface area contributed by atoms with Crippen LogP contribution in [0.1, 0.15) is 38.8 Å². The smallest absolute Gasteiger partial charge is 0.234 e. The molecule has 2 N–H and O–H groups in total. The molecule has 0 fully saturated rings. The van der Waals surface area contributed by atoms with Crippen LogP contribution < -0.4 is 9.47 Å². The predicted molar refractivity (Wildman–Crippen MR) is 218 cm³/mol. The Balaban J connectivity index is 0.000000172. The molecule has 8 aromatic rings. The Labute approximate surface area is 325 Å². The lowest BCUT2D eigenvalue weighted by molar-refractivity contribution is 0.121. The van der Waals surface area contributed by atoms with E-state index in [9.17, 15) is 10.2 Å². The van der Waals surface area contributed by atoms with E-state index in [2.05, 4.69) is 82.3 Å². The van der Waals surface area contributed by atoms with Gasteiger partial charge in [-0.1, -0.05) is 123 Å². The van der Waals surface area contributed by atoms with Crippen molar-refractivity contribution in [2.24, 2.45) is 0 Å². The topological polar surface area (TPSA) is 137 Å². The molecule has 0 aliphatic carbocycles. The van der Waals surface area contributed by atoms with Gasteiger partial charge in [-0.05, 0) is 48.9 Å². The van der Waals surface area contributed by atoms with Crippen LogP contribution in [0, 0.1) is 0 Å². The molecule has 0 aliphatic heterocycles. The van der Waals surface area contributed by atoms with Crippen LogP contribution in [0.2, 0.25) is 0 Å². The highest BCUT2D eigenvalue weighted by atomic mass is 16.5. The molecule has 2 atom stereocenters. The molecule has 0 saturated heterocycles. The third-order valence-corrected chi connectivity index (χ3v) is 9.31. The average Bonchev–Trinajstić information content (AvgIpc) is 3.84. The second-order valence-corrected chi connectivity index (χ2v) is 13.4. The molecule has 0 unspecified atom stereocenters. The zero-order valence-corrected chi connectivity index (χ0v) is 31.8. The fraction of sp³-hybridized carbons (Fsp3) is 0.217. The Morgan fingerprint density at radius 2 is 1.02 bits per heavy atom. The standard InChI is InChI=1S/2C23H22N2O3/c1-3-16-9-11-17(12-10-16)19-20-22(27-13-15(2)26)24-14-25-23(20)28-21(19)18-7-5-4-6-8-18;1-3-16-9-11-17(12-10-16)19-20-22(27-15(2)13-26)24-14-25-23(20)28-21(19)18-7-5-4-6-8-18/h2*4-12,14-15,26H,3,13H2,1-2H3/t2*15-/m11/s1. The molecule has 0 saturated carbocycles. The van der Waals surface area contributed by atoms with Gasteiger partial charge in [-0.3, -0.25) is 0 Å². The number of aliphatic hydroxyl groups is 2. The van der Waals surface area contributed by atoms with E-state index in [1.54, 1.807) is 13.8 Å². The van der Waals surface area contributed by atoms with Crippen molar-refractivity contribution in [1.29, 1.82) is 0 Å². The first kappa shape index (κ1) is 37.9. The number of aliphatic hydroxyl groups excluding tert-OH is 2. The van der Waals surface area contributed by atoms with Crippen molar-refractivity contribution in [2.45, 2.75) is 52.7 Å². The van der Waals surface area contributed by atoms with E-state index in [1.165, 1.54) is 23.8 Å². The number of aromatic nitrogens is 4. The van der Waals surface area contributed by atoms with E-state index in [-0.39, 0.29) is 19.3 Å². The first-order chi connectivity index (χ1) is 27.4. The maximum atomic E-state index is 9.62. The summed E-state index contributed by atoms with van der Waals surface area (Å²) >= 11 is 0. The fourth-order valence-corrected chi connectivity index (χ4v) is 6.39. The molecule has 284 valence electrons. The van der Waals surface area contributed by atoms with E-state index in [0.29, 0.717) is 34.0 Å². The zero-order valence-electron chi connectivity index (χ0n) is 31.8. The largest absolute Gasteiger partial charge is 0.474 e. The Hall–Kier alpha value is -6.36. The monoisotopic (exact) mass is 748 g/mol. The van der Waals surface area contributed by atoms with Crippen molar-refractivity contribution < 1.29 is 28.5 Å². The highest BCUT2D eigenvalue weighted by molar-refractivity contribution is 6.04. The molecular weight excluding hydrogens is 705 g/mol. The summed E-state index contributed by atoms with van der Waals surface area (Å²) in [4.78, 5) is 17.3. The summed E-state index contributed by atoms with van der Waals surface area (Å²) in [5.41, 5.74) is 9.16. The third kappa shape index (κ3) is 8.17. The quantitative estimate of drug-likeness (QED) is 0.124. The van der Waals surface area contributed by atoms with Gasteiger partial charge in [0.25, 0.3) is 0 Å². The second kappa shape index (κ2) is 17.4. The molecule has 0 spiro atoms. The average molecular weight is 749 g/mol. The third-order valence-electron chi connectivity index (χ3n) is 9.31. The highest BCUT2D eigenvalue weighted by Gasteiger charge is 2.25. The van der Waals surface area contributed by atoms with Crippen molar-refractivity contribution in [3.8, 4) is 56.7 Å². The Kier molecular flexibility index (Phi) is 11.8. The number of rotatable bonds is 12. The number of ether oxygens (including phenoxy) is 2. The number of hydrogen-bond donors (Lipinski definition) is 2. The summed E-state index contributed by atoms with van der Waals surface area (Å²) < 4.78 is 24.0. The van der Waals surface area contributed by atoms with Gasteiger partial charge in [0, 0.05) is 22.3 Å². The van der Waals surface area contributed by atoms with Crippen LogP contribution in [0.3, 0.4) is 0 Å². The van der Waals surface area contributed by atoms with Crippen LogP contribution in [-0.4, -0.2) is 55.6 Å². The number of nitrogens with zero attached hydrogens (tertiary/aromatic N) is 4. The van der Waals surface area contributed by atoms with Crippen LogP contribution in [0.15, 0.2) is 131 Å². The number of furan rings is 2. The van der Waals surface area contributed by atoms with Crippen molar-refractivity contribution in [2.75, 3.05) is 13.2 Å². The summed E-state index contributed by atoms with van der Waals surface area (Å²) in [6.07, 6.45) is 3.81. The second-order valence-electron chi connectivity index (χ2n) is 13.4. The normalized spacial score (nSPS) is 12.2. The molecule has 4 heterocycles. The van der Waals surface area contributed by atoms with Crippen molar-refractivity contribution in [1.82, 2.24) is 19.9 Å². The molecule has 4 aromatic carbocycles. The minimum absolute atomic E-state index is 0.102. The van der Waals surface area contributed by atoms with Gasteiger partial charge < -0.3 is 28.5 Å². The summed E-state index contributed by atoms with van der Waals surface area (Å²) in [6, 6.07) is 36.7. The molecule has 8 rings (SSSR count). The molecule has 0 radical (unpaired) electrons. The summed E-state index contributed by atoms with van der Waals surface area (Å²) in [7, 11) is 0. The van der Waals surface area contributed by atoms with E-state index in [4.69, 9.17) is 18.3 Å². The van der Waals surface area contributed by atoms with Gasteiger partial charge in [0.05, 0.1) is 12.7 Å². The first-order valence-electron chi connectivity index (χ1n) is 18.8. The maximum Gasteiger partial charge on any atom is 0.234 e. The summed E-state index contributed by atoms with van der Waals surface area (Å²) in [6.45, 7) is 7.78. The van der Waals surface area contributed by atoms with Crippen molar-refractivity contribution >= 4 is 22.2 Å². The Morgan fingerprint density at radius 1 is 0.571 bits per heavy atom. The minimum atomic E-state index is -0.599. The maximum absolute atomic E-state index is 9.62. The zero-order chi connectivity index (χ0) is 39.0. The molecule has 56 heavy (non-hydrogen) atoms. The van der Waals surface area contributed by atoms with Crippen LogP contribution in [0.25, 0.3) is 67.1 Å². The van der Waals surface area contributed by atoms with Gasteiger partial charge in [0.1, 0.15) is 47.7 Å². The van der Waals surface area contributed by atoms with Crippen LogP contribution >= 0.6 is 0 Å². The number of benzene rings is 4. The van der Waals surface area contributed by atoms with Gasteiger partial charge in [0.15, 0.2) is 0 Å². The van der Waals surface area contributed by atoms with Gasteiger partial charge in [-0.15, -0.1) is 0 Å². The van der Waals surface area contributed by atoms with E-state index < -0.39 is 6.10 Å². The van der Waals surface area contributed by atoms with Crippen LogP contribution in [0.4, 0.5) is 0 Å². The van der Waals surface area contributed by atoms with E-state index in [0.717, 1.165) is 57.7 Å². The van der Waals surface area contributed by atoms with Gasteiger partial charge in [0.2, 0.25) is 23.2 Å². The molecular formula is C46H44N4O6. The van der Waals surface area contributed by atoms with Gasteiger partial charge >= 0.3 is 0 Å². The lowest BCUT2D eigenvalue weighted by Crippen LogP contribution is -2.17. The number of hydrogen-bond acceptors (Lipinski definition) is 10. The molecule has 10 heteroatoms. The molecule has 4 aromatic heterocycles. The first-order valence-corrected chi connectivity index (χ1v) is 18.8. The lowest BCUT2D eigenvalue weighted by atomic mass is 9.98. The number of fused-ring (bicyclic) bond motifs is 2.